The second kappa shape index (κ2) is 9.58. The van der Waals surface area contributed by atoms with Gasteiger partial charge in [-0.2, -0.15) is 0 Å². The molecule has 0 saturated carbocycles. The van der Waals surface area contributed by atoms with Crippen LogP contribution in [0.2, 0.25) is 0 Å². The molecule has 0 aromatic heterocycles. The number of nitrogens with zero attached hydrogens (tertiary/aromatic N) is 3. The fraction of sp³-hybridized carbons (Fsp3) is 0.478. The zero-order valence-corrected chi connectivity index (χ0v) is 17.4. The smallest absolute Gasteiger partial charge is 0.146 e. The number of piperidine rings is 1. The van der Waals surface area contributed by atoms with Gasteiger partial charge in [-0.25, -0.2) is 4.99 Å². The third-order valence-electron chi connectivity index (χ3n) is 5.30. The SMILES string of the molecule is CCOC1=C/C(=N\c2ccc(N(CC)CC)cc2)C(N2CCCCC2)=CC1=N. The predicted octanol–water partition coefficient (Wildman–Crippen LogP) is 4.93. The zero-order valence-electron chi connectivity index (χ0n) is 17.4. The summed E-state index contributed by atoms with van der Waals surface area (Å²) in [5, 5.41) is 8.33. The van der Waals surface area contributed by atoms with E-state index in [9.17, 15) is 0 Å². The minimum atomic E-state index is 0.429. The van der Waals surface area contributed by atoms with Crippen LogP contribution in [0, 0.1) is 5.41 Å². The van der Waals surface area contributed by atoms with Gasteiger partial charge in [0.25, 0.3) is 0 Å². The summed E-state index contributed by atoms with van der Waals surface area (Å²) in [4.78, 5) is 9.61. The molecule has 0 unspecified atom stereocenters. The number of ether oxygens (including phenoxy) is 1. The van der Waals surface area contributed by atoms with Gasteiger partial charge in [-0.15, -0.1) is 0 Å². The monoisotopic (exact) mass is 380 g/mol. The minimum Gasteiger partial charge on any atom is -0.492 e. The second-order valence-corrected chi connectivity index (χ2v) is 7.12. The highest BCUT2D eigenvalue weighted by atomic mass is 16.5. The molecule has 1 aliphatic heterocycles. The summed E-state index contributed by atoms with van der Waals surface area (Å²) in [6.45, 7) is 10.9. The van der Waals surface area contributed by atoms with Crippen molar-refractivity contribution in [3.63, 3.8) is 0 Å². The van der Waals surface area contributed by atoms with Crippen LogP contribution in [0.5, 0.6) is 0 Å². The van der Waals surface area contributed by atoms with Crippen molar-refractivity contribution in [2.75, 3.05) is 37.7 Å². The fourth-order valence-electron chi connectivity index (χ4n) is 3.78. The van der Waals surface area contributed by atoms with Crippen molar-refractivity contribution in [2.24, 2.45) is 4.99 Å². The van der Waals surface area contributed by atoms with E-state index in [1.807, 2.05) is 19.1 Å². The first-order valence-electron chi connectivity index (χ1n) is 10.5. The first-order valence-corrected chi connectivity index (χ1v) is 10.5. The normalized spacial score (nSPS) is 18.8. The molecule has 0 atom stereocenters. The number of benzene rings is 1. The van der Waals surface area contributed by atoms with Gasteiger partial charge in [0, 0.05) is 37.9 Å². The van der Waals surface area contributed by atoms with Crippen molar-refractivity contribution in [3.05, 3.63) is 47.9 Å². The molecule has 1 N–H and O–H groups in total. The van der Waals surface area contributed by atoms with E-state index < -0.39 is 0 Å². The molecular formula is C23H32N4O. The third-order valence-corrected chi connectivity index (χ3v) is 5.30. The van der Waals surface area contributed by atoms with Crippen LogP contribution in [0.15, 0.2) is 52.9 Å². The zero-order chi connectivity index (χ0) is 19.9. The maximum atomic E-state index is 8.33. The third kappa shape index (κ3) is 4.64. The quantitative estimate of drug-likeness (QED) is 0.683. The lowest BCUT2D eigenvalue weighted by molar-refractivity contribution is 0.249. The van der Waals surface area contributed by atoms with Gasteiger partial charge in [0.1, 0.15) is 5.76 Å². The summed E-state index contributed by atoms with van der Waals surface area (Å²) in [5.41, 5.74) is 4.50. The molecule has 0 bridgehead atoms. The van der Waals surface area contributed by atoms with Gasteiger partial charge in [-0.1, -0.05) is 0 Å². The van der Waals surface area contributed by atoms with Crippen molar-refractivity contribution in [1.82, 2.24) is 4.90 Å². The molecule has 0 amide bonds. The number of rotatable bonds is 7. The summed E-state index contributed by atoms with van der Waals surface area (Å²) in [7, 11) is 0. The Hall–Kier alpha value is -2.56. The van der Waals surface area contributed by atoms with Crippen LogP contribution in [0.4, 0.5) is 11.4 Å². The van der Waals surface area contributed by atoms with Gasteiger partial charge in [0.2, 0.25) is 0 Å². The summed E-state index contributed by atoms with van der Waals surface area (Å²) >= 11 is 0. The Bertz CT molecular complexity index is 766. The molecular weight excluding hydrogens is 348 g/mol. The van der Waals surface area contributed by atoms with Crippen molar-refractivity contribution in [1.29, 1.82) is 5.41 Å². The van der Waals surface area contributed by atoms with Crippen molar-refractivity contribution >= 4 is 22.8 Å². The first-order chi connectivity index (χ1) is 13.7. The number of aliphatic imine (C=N–C) groups is 1. The van der Waals surface area contributed by atoms with Crippen LogP contribution in [-0.4, -0.2) is 49.1 Å². The fourth-order valence-corrected chi connectivity index (χ4v) is 3.78. The van der Waals surface area contributed by atoms with Crippen molar-refractivity contribution in [2.45, 2.75) is 40.0 Å². The second-order valence-electron chi connectivity index (χ2n) is 7.12. The Morgan fingerprint density at radius 1 is 1.00 bits per heavy atom. The Kier molecular flexibility index (Phi) is 6.90. The van der Waals surface area contributed by atoms with E-state index >= 15 is 0 Å². The first kappa shape index (κ1) is 20.2. The minimum absolute atomic E-state index is 0.429. The molecule has 1 aromatic carbocycles. The van der Waals surface area contributed by atoms with Crippen LogP contribution in [-0.2, 0) is 4.74 Å². The summed E-state index contributed by atoms with van der Waals surface area (Å²) in [5.74, 6) is 0.599. The predicted molar refractivity (Wildman–Crippen MR) is 118 cm³/mol. The lowest BCUT2D eigenvalue weighted by atomic mass is 10.0. The van der Waals surface area contributed by atoms with Crippen molar-refractivity contribution in [3.8, 4) is 0 Å². The molecule has 28 heavy (non-hydrogen) atoms. The molecule has 1 saturated heterocycles. The lowest BCUT2D eigenvalue weighted by Gasteiger charge is -2.32. The maximum Gasteiger partial charge on any atom is 0.146 e. The van der Waals surface area contributed by atoms with E-state index in [0.29, 0.717) is 18.1 Å². The molecule has 0 radical (unpaired) electrons. The number of nitrogens with one attached hydrogen (secondary N) is 1. The van der Waals surface area contributed by atoms with Gasteiger partial charge in [-0.05, 0) is 70.4 Å². The van der Waals surface area contributed by atoms with Gasteiger partial charge >= 0.3 is 0 Å². The average Bonchev–Trinajstić information content (AvgIpc) is 2.73. The van der Waals surface area contributed by atoms with Gasteiger partial charge in [0.05, 0.1) is 29.4 Å². The van der Waals surface area contributed by atoms with Crippen LogP contribution >= 0.6 is 0 Å². The van der Waals surface area contributed by atoms with E-state index in [2.05, 4.69) is 47.9 Å². The highest BCUT2D eigenvalue weighted by Crippen LogP contribution is 2.26. The Morgan fingerprint density at radius 2 is 1.68 bits per heavy atom. The number of hydrogen-bond acceptors (Lipinski definition) is 5. The maximum absolute atomic E-state index is 8.33. The number of allylic oxidation sites excluding steroid dienone is 2. The van der Waals surface area contributed by atoms with E-state index in [-0.39, 0.29) is 0 Å². The van der Waals surface area contributed by atoms with Crippen LogP contribution in [0.3, 0.4) is 0 Å². The number of likely N-dealkylation sites (tertiary alicyclic amines) is 1. The molecule has 2 aliphatic rings. The highest BCUT2D eigenvalue weighted by Gasteiger charge is 2.23. The molecule has 5 nitrogen and oxygen atoms in total. The van der Waals surface area contributed by atoms with E-state index in [1.165, 1.54) is 24.9 Å². The molecule has 1 fully saturated rings. The summed E-state index contributed by atoms with van der Waals surface area (Å²) in [6.07, 6.45) is 7.51. The lowest BCUT2D eigenvalue weighted by Crippen LogP contribution is -2.34. The van der Waals surface area contributed by atoms with Crippen LogP contribution < -0.4 is 4.90 Å². The molecule has 1 heterocycles. The number of hydrogen-bond donors (Lipinski definition) is 1. The molecule has 150 valence electrons. The number of anilines is 1. The van der Waals surface area contributed by atoms with E-state index in [4.69, 9.17) is 15.1 Å². The van der Waals surface area contributed by atoms with Crippen LogP contribution in [0.25, 0.3) is 0 Å². The Labute approximate surface area is 168 Å². The van der Waals surface area contributed by atoms with E-state index in [1.54, 1.807) is 0 Å². The van der Waals surface area contributed by atoms with Crippen LogP contribution in [0.1, 0.15) is 40.0 Å². The topological polar surface area (TPSA) is 51.9 Å². The Balaban J connectivity index is 1.91. The Morgan fingerprint density at radius 3 is 2.29 bits per heavy atom. The average molecular weight is 381 g/mol. The van der Waals surface area contributed by atoms with E-state index in [0.717, 1.165) is 43.3 Å². The largest absolute Gasteiger partial charge is 0.492 e. The van der Waals surface area contributed by atoms with Gasteiger partial charge < -0.3 is 14.5 Å². The molecule has 3 rings (SSSR count). The van der Waals surface area contributed by atoms with Gasteiger partial charge in [0.15, 0.2) is 0 Å². The summed E-state index contributed by atoms with van der Waals surface area (Å²) < 4.78 is 5.66. The molecule has 1 aliphatic carbocycles. The van der Waals surface area contributed by atoms with Crippen molar-refractivity contribution < 1.29 is 4.74 Å². The standard InChI is InChI=1S/C23H32N4O/c1-4-26(5-2)19-12-10-18(11-13-19)25-21-17-23(28-6-3)20(24)16-22(21)27-14-8-7-9-15-27/h10-13,16-17,24H,4-9,14-15H2,1-3H3/b24-20?,25-21+. The molecule has 0 spiro atoms. The summed E-state index contributed by atoms with van der Waals surface area (Å²) in [6, 6.07) is 8.41. The molecule has 1 aromatic rings. The van der Waals surface area contributed by atoms with Gasteiger partial charge in [-0.3, -0.25) is 5.41 Å². The molecule has 5 heteroatoms. The highest BCUT2D eigenvalue weighted by molar-refractivity contribution is 6.22.